The molecule has 98 valence electrons. The molecule has 0 bridgehead atoms. The number of Topliss-reactive ketones (excluding diaryl/α,β-unsaturated/α-hetero) is 1. The SMILES string of the molecule is COc1ccccc1C(=O)CNc1ccc(F)cc1. The highest BCUT2D eigenvalue weighted by Crippen LogP contribution is 2.18. The monoisotopic (exact) mass is 259 g/mol. The Hall–Kier alpha value is -2.36. The van der Waals surface area contributed by atoms with Crippen molar-refractivity contribution in [3.8, 4) is 5.75 Å². The molecule has 3 nitrogen and oxygen atoms in total. The second-order valence-corrected chi connectivity index (χ2v) is 3.98. The van der Waals surface area contributed by atoms with E-state index in [-0.39, 0.29) is 18.1 Å². The van der Waals surface area contributed by atoms with Crippen LogP contribution in [0.15, 0.2) is 48.5 Å². The number of hydrogen-bond donors (Lipinski definition) is 1. The van der Waals surface area contributed by atoms with Gasteiger partial charge in [-0.25, -0.2) is 4.39 Å². The van der Waals surface area contributed by atoms with Gasteiger partial charge in [-0.2, -0.15) is 0 Å². The van der Waals surface area contributed by atoms with Gasteiger partial charge in [0.25, 0.3) is 0 Å². The van der Waals surface area contributed by atoms with Crippen molar-refractivity contribution in [2.45, 2.75) is 0 Å². The van der Waals surface area contributed by atoms with Crippen LogP contribution < -0.4 is 10.1 Å². The lowest BCUT2D eigenvalue weighted by molar-refractivity contribution is 0.100. The topological polar surface area (TPSA) is 38.3 Å². The summed E-state index contributed by atoms with van der Waals surface area (Å²) in [5.41, 5.74) is 1.23. The van der Waals surface area contributed by atoms with Crippen molar-refractivity contribution in [3.63, 3.8) is 0 Å². The second-order valence-electron chi connectivity index (χ2n) is 3.98. The maximum absolute atomic E-state index is 12.7. The molecule has 2 aromatic carbocycles. The zero-order valence-corrected chi connectivity index (χ0v) is 10.5. The van der Waals surface area contributed by atoms with Crippen LogP contribution in [-0.4, -0.2) is 19.4 Å². The molecule has 19 heavy (non-hydrogen) atoms. The third-order valence-corrected chi connectivity index (χ3v) is 2.70. The van der Waals surface area contributed by atoms with Gasteiger partial charge < -0.3 is 10.1 Å². The molecule has 0 aliphatic rings. The first-order valence-corrected chi connectivity index (χ1v) is 5.86. The molecule has 0 saturated carbocycles. The molecule has 1 N–H and O–H groups in total. The lowest BCUT2D eigenvalue weighted by Crippen LogP contribution is -2.14. The van der Waals surface area contributed by atoms with Crippen LogP contribution in [-0.2, 0) is 0 Å². The van der Waals surface area contributed by atoms with Gasteiger partial charge in [-0.15, -0.1) is 0 Å². The highest BCUT2D eigenvalue weighted by Gasteiger charge is 2.10. The summed E-state index contributed by atoms with van der Waals surface area (Å²) in [4.78, 5) is 12.0. The fourth-order valence-electron chi connectivity index (χ4n) is 1.72. The van der Waals surface area contributed by atoms with Crippen LogP contribution in [0, 0.1) is 5.82 Å². The molecule has 4 heteroatoms. The molecule has 0 unspecified atom stereocenters. The van der Waals surface area contributed by atoms with Crippen molar-refractivity contribution in [2.24, 2.45) is 0 Å². The normalized spacial score (nSPS) is 10.0. The number of para-hydroxylation sites is 1. The van der Waals surface area contributed by atoms with E-state index < -0.39 is 0 Å². The summed E-state index contributed by atoms with van der Waals surface area (Å²) in [6.45, 7) is 0.131. The average Bonchev–Trinajstić information content (AvgIpc) is 2.46. The predicted octanol–water partition coefficient (Wildman–Crippen LogP) is 3.13. The maximum Gasteiger partial charge on any atom is 0.185 e. The van der Waals surface area contributed by atoms with E-state index >= 15 is 0 Å². The zero-order valence-electron chi connectivity index (χ0n) is 10.5. The van der Waals surface area contributed by atoms with Crippen LogP contribution in [0.3, 0.4) is 0 Å². The van der Waals surface area contributed by atoms with Crippen LogP contribution >= 0.6 is 0 Å². The number of ketones is 1. The van der Waals surface area contributed by atoms with Gasteiger partial charge in [-0.1, -0.05) is 12.1 Å². The number of methoxy groups -OCH3 is 1. The Morgan fingerprint density at radius 1 is 1.16 bits per heavy atom. The zero-order chi connectivity index (χ0) is 13.7. The van der Waals surface area contributed by atoms with Crippen molar-refractivity contribution in [1.82, 2.24) is 0 Å². The first kappa shape index (κ1) is 13.1. The summed E-state index contributed by atoms with van der Waals surface area (Å²) in [5, 5.41) is 2.95. The Balaban J connectivity index is 2.03. The lowest BCUT2D eigenvalue weighted by atomic mass is 10.1. The highest BCUT2D eigenvalue weighted by atomic mass is 19.1. The molecule has 0 aliphatic carbocycles. The Morgan fingerprint density at radius 2 is 1.84 bits per heavy atom. The molecule has 0 saturated heterocycles. The van der Waals surface area contributed by atoms with E-state index in [4.69, 9.17) is 4.74 Å². The minimum atomic E-state index is -0.304. The third kappa shape index (κ3) is 3.31. The summed E-state index contributed by atoms with van der Waals surface area (Å²) < 4.78 is 17.9. The molecule has 0 heterocycles. The molecule has 0 aromatic heterocycles. The van der Waals surface area contributed by atoms with Crippen molar-refractivity contribution >= 4 is 11.5 Å². The molecule has 0 aliphatic heterocycles. The number of carbonyl (C=O) groups excluding carboxylic acids is 1. The fourth-order valence-corrected chi connectivity index (χ4v) is 1.72. The van der Waals surface area contributed by atoms with Gasteiger partial charge in [0.05, 0.1) is 19.2 Å². The third-order valence-electron chi connectivity index (χ3n) is 2.70. The van der Waals surface area contributed by atoms with Crippen LogP contribution in [0.25, 0.3) is 0 Å². The van der Waals surface area contributed by atoms with E-state index in [0.29, 0.717) is 17.0 Å². The summed E-state index contributed by atoms with van der Waals surface area (Å²) in [7, 11) is 1.53. The van der Waals surface area contributed by atoms with E-state index in [2.05, 4.69) is 5.32 Å². The van der Waals surface area contributed by atoms with Gasteiger partial charge in [0.2, 0.25) is 0 Å². The van der Waals surface area contributed by atoms with Crippen molar-refractivity contribution in [3.05, 3.63) is 59.9 Å². The molecule has 2 aromatic rings. The van der Waals surface area contributed by atoms with Crippen LogP contribution in [0.5, 0.6) is 5.75 Å². The van der Waals surface area contributed by atoms with Crippen LogP contribution in [0.4, 0.5) is 10.1 Å². The maximum atomic E-state index is 12.7. The lowest BCUT2D eigenvalue weighted by Gasteiger charge is -2.09. The van der Waals surface area contributed by atoms with E-state index in [1.165, 1.54) is 19.2 Å². The minimum absolute atomic E-state index is 0.0817. The second kappa shape index (κ2) is 6.00. The quantitative estimate of drug-likeness (QED) is 0.838. The van der Waals surface area contributed by atoms with Crippen molar-refractivity contribution in [1.29, 1.82) is 0 Å². The Labute approximate surface area is 111 Å². The predicted molar refractivity (Wildman–Crippen MR) is 72.2 cm³/mol. The number of nitrogens with one attached hydrogen (secondary N) is 1. The van der Waals surface area contributed by atoms with Gasteiger partial charge >= 0.3 is 0 Å². The summed E-state index contributed by atoms with van der Waals surface area (Å²) in [6, 6.07) is 12.9. The Morgan fingerprint density at radius 3 is 2.53 bits per heavy atom. The molecular weight excluding hydrogens is 245 g/mol. The standard InChI is InChI=1S/C15H14FNO2/c1-19-15-5-3-2-4-13(15)14(18)10-17-12-8-6-11(16)7-9-12/h2-9,17H,10H2,1H3. The van der Waals surface area contributed by atoms with Gasteiger partial charge in [0.15, 0.2) is 5.78 Å². The molecule has 0 radical (unpaired) electrons. The Bertz CT molecular complexity index is 567. The van der Waals surface area contributed by atoms with Crippen LogP contribution in [0.1, 0.15) is 10.4 Å². The Kier molecular flexibility index (Phi) is 4.13. The number of ether oxygens (including phenoxy) is 1. The molecular formula is C15H14FNO2. The first-order chi connectivity index (χ1) is 9.20. The number of benzene rings is 2. The number of halogens is 1. The first-order valence-electron chi connectivity index (χ1n) is 5.86. The van der Waals surface area contributed by atoms with Crippen molar-refractivity contribution < 1.29 is 13.9 Å². The van der Waals surface area contributed by atoms with Crippen LogP contribution in [0.2, 0.25) is 0 Å². The number of anilines is 1. The highest BCUT2D eigenvalue weighted by molar-refractivity contribution is 6.01. The molecule has 0 fully saturated rings. The molecule has 2 rings (SSSR count). The summed E-state index contributed by atoms with van der Waals surface area (Å²) in [5.74, 6) is 0.164. The molecule has 0 atom stereocenters. The van der Waals surface area contributed by atoms with E-state index in [1.54, 1.807) is 30.3 Å². The number of hydrogen-bond acceptors (Lipinski definition) is 3. The van der Waals surface area contributed by atoms with Gasteiger partial charge in [0.1, 0.15) is 11.6 Å². The molecule has 0 amide bonds. The fraction of sp³-hybridized carbons (Fsp3) is 0.133. The van der Waals surface area contributed by atoms with Gasteiger partial charge in [-0.05, 0) is 36.4 Å². The number of rotatable bonds is 5. The van der Waals surface area contributed by atoms with E-state index in [1.807, 2.05) is 6.07 Å². The minimum Gasteiger partial charge on any atom is -0.496 e. The smallest absolute Gasteiger partial charge is 0.185 e. The molecule has 0 spiro atoms. The summed E-state index contributed by atoms with van der Waals surface area (Å²) in [6.07, 6.45) is 0. The summed E-state index contributed by atoms with van der Waals surface area (Å²) >= 11 is 0. The number of carbonyl (C=O) groups is 1. The van der Waals surface area contributed by atoms with Crippen molar-refractivity contribution in [2.75, 3.05) is 19.0 Å². The van der Waals surface area contributed by atoms with E-state index in [0.717, 1.165) is 0 Å². The largest absolute Gasteiger partial charge is 0.496 e. The van der Waals surface area contributed by atoms with Gasteiger partial charge in [-0.3, -0.25) is 4.79 Å². The van der Waals surface area contributed by atoms with E-state index in [9.17, 15) is 9.18 Å². The average molecular weight is 259 g/mol. The van der Waals surface area contributed by atoms with Gasteiger partial charge in [0, 0.05) is 5.69 Å².